The molecule has 1 saturated heterocycles. The largest absolute Gasteiger partial charge is 0.516 e. The normalized spacial score (nSPS) is 16.3. The second kappa shape index (κ2) is 14.7. The first-order chi connectivity index (χ1) is 22.3. The van der Waals surface area contributed by atoms with Gasteiger partial charge < -0.3 is 10.6 Å². The van der Waals surface area contributed by atoms with Gasteiger partial charge in [-0.05, 0) is 48.7 Å². The first kappa shape index (κ1) is 37.6. The molecule has 258 valence electrons. The molecular weight excluding hydrogens is 769 g/mol. The Morgan fingerprint density at radius 1 is 0.938 bits per heavy atom. The number of nitrogens with zero attached hydrogens (tertiary/aromatic N) is 2. The minimum Gasteiger partial charge on any atom is -0.343 e. The molecule has 0 radical (unpaired) electrons. The lowest BCUT2D eigenvalue weighted by atomic mass is 10.0. The number of hydrogen-bond acceptors (Lipinski definition) is 8. The fourth-order valence-corrected chi connectivity index (χ4v) is 8.07. The number of pyridine rings is 1. The zero-order valence-electron chi connectivity index (χ0n) is 23.9. The zero-order valence-corrected chi connectivity index (χ0v) is 28.6. The fraction of sp³-hybridized carbons (Fsp3) is 0.259. The Morgan fingerprint density at radius 2 is 1.52 bits per heavy atom. The van der Waals surface area contributed by atoms with Crippen molar-refractivity contribution in [3.05, 3.63) is 86.1 Å². The molecular formula is C27H22Cl4F3N5O7S2. The van der Waals surface area contributed by atoms with Crippen molar-refractivity contribution >= 4 is 89.9 Å². The maximum atomic E-state index is 13.4. The van der Waals surface area contributed by atoms with Crippen LogP contribution in [-0.2, 0) is 36.1 Å². The van der Waals surface area contributed by atoms with E-state index in [-0.39, 0.29) is 61.2 Å². The molecule has 1 fully saturated rings. The number of carbonyl (C=O) groups is 3. The molecule has 48 heavy (non-hydrogen) atoms. The minimum atomic E-state index is -6.18. The van der Waals surface area contributed by atoms with Crippen molar-refractivity contribution in [1.82, 2.24) is 19.3 Å². The number of hydrogen-bond donors (Lipinski definition) is 3. The molecule has 1 aliphatic heterocycles. The number of amides is 3. The summed E-state index contributed by atoms with van der Waals surface area (Å²) in [5.41, 5.74) is -5.52. The van der Waals surface area contributed by atoms with Crippen molar-refractivity contribution in [3.8, 4) is 0 Å². The highest BCUT2D eigenvalue weighted by molar-refractivity contribution is 7.90. The van der Waals surface area contributed by atoms with E-state index in [1.165, 1.54) is 42.7 Å². The highest BCUT2D eigenvalue weighted by atomic mass is 35.5. The van der Waals surface area contributed by atoms with Gasteiger partial charge in [0.2, 0.25) is 15.9 Å². The Hall–Kier alpha value is -3.19. The number of rotatable bonds is 10. The van der Waals surface area contributed by atoms with E-state index in [0.29, 0.717) is 0 Å². The smallest absolute Gasteiger partial charge is 0.343 e. The Kier molecular flexibility index (Phi) is 11.6. The zero-order chi connectivity index (χ0) is 35.6. The van der Waals surface area contributed by atoms with Crippen molar-refractivity contribution < 1.29 is 44.4 Å². The van der Waals surface area contributed by atoms with E-state index in [9.17, 15) is 44.4 Å². The van der Waals surface area contributed by atoms with Crippen molar-refractivity contribution in [2.75, 3.05) is 11.9 Å². The van der Waals surface area contributed by atoms with Crippen LogP contribution in [0.15, 0.2) is 59.8 Å². The summed E-state index contributed by atoms with van der Waals surface area (Å²) in [4.78, 5) is 42.4. The minimum absolute atomic E-state index is 0.000529. The second-order valence-electron chi connectivity index (χ2n) is 10.2. The van der Waals surface area contributed by atoms with Gasteiger partial charge in [0.25, 0.3) is 11.8 Å². The summed E-state index contributed by atoms with van der Waals surface area (Å²) in [7, 11) is -10.6. The molecule has 2 atom stereocenters. The average molecular weight is 791 g/mol. The van der Waals surface area contributed by atoms with E-state index < -0.39 is 61.8 Å². The Morgan fingerprint density at radius 3 is 2.08 bits per heavy atom. The maximum absolute atomic E-state index is 13.4. The lowest BCUT2D eigenvalue weighted by Gasteiger charge is -2.26. The van der Waals surface area contributed by atoms with Crippen LogP contribution in [0.5, 0.6) is 0 Å². The summed E-state index contributed by atoms with van der Waals surface area (Å²) in [5, 5.41) is 4.67. The quantitative estimate of drug-likeness (QED) is 0.263. The standard InChI is InChI=1S/C27H22Cl4F3N5O7S2/c28-15-9-16(29)11-18(10-15)47(43,44)39-7-1-2-22(39)25(41)37-21(24(40)38-48(45,46)27(32,33)34)8-14-3-5-17(6-4-14)36-26(42)23-19(30)12-35-13-20(23)31/h3-6,9-13,21-22H,1-2,7-8H2,(H,36,42)(H,37,41)(H,38,40)/t21-,22-/m0/s1. The van der Waals surface area contributed by atoms with Crippen LogP contribution < -0.4 is 15.4 Å². The number of aromatic nitrogens is 1. The molecule has 3 N–H and O–H groups in total. The Labute approximate surface area is 292 Å². The molecule has 3 amide bonds. The Balaban J connectivity index is 1.57. The molecule has 21 heteroatoms. The predicted molar refractivity (Wildman–Crippen MR) is 171 cm³/mol. The summed E-state index contributed by atoms with van der Waals surface area (Å²) in [6, 6.07) is 5.53. The third kappa shape index (κ3) is 8.69. The van der Waals surface area contributed by atoms with E-state index in [2.05, 4.69) is 15.6 Å². The van der Waals surface area contributed by atoms with Crippen molar-refractivity contribution in [2.24, 2.45) is 0 Å². The van der Waals surface area contributed by atoms with Crippen molar-refractivity contribution in [2.45, 2.75) is 41.7 Å². The van der Waals surface area contributed by atoms with Gasteiger partial charge in [-0.2, -0.15) is 25.9 Å². The van der Waals surface area contributed by atoms with Gasteiger partial charge in [0, 0.05) is 41.1 Å². The fourth-order valence-electron chi connectivity index (χ4n) is 4.62. The summed E-state index contributed by atoms with van der Waals surface area (Å²) in [6.45, 7) is -0.132. The SMILES string of the molecule is O=C(Nc1ccc(C[C@H](NC(=O)[C@@H]2CCCN2S(=O)(=O)c2cc(Cl)cc(Cl)c2)C(=O)NS(=O)(=O)C(F)(F)F)cc1)c1c(Cl)cncc1Cl. The lowest BCUT2D eigenvalue weighted by molar-refractivity contribution is -0.130. The molecule has 12 nitrogen and oxygen atoms in total. The average Bonchev–Trinajstić information content (AvgIpc) is 3.48. The molecule has 0 bridgehead atoms. The number of sulfonamides is 2. The van der Waals surface area contributed by atoms with Crippen LogP contribution in [0.2, 0.25) is 20.1 Å². The van der Waals surface area contributed by atoms with Crippen LogP contribution in [0.4, 0.5) is 18.9 Å². The van der Waals surface area contributed by atoms with Crippen LogP contribution >= 0.6 is 46.4 Å². The highest BCUT2D eigenvalue weighted by Gasteiger charge is 2.48. The van der Waals surface area contributed by atoms with Crippen LogP contribution in [0.25, 0.3) is 0 Å². The first-order valence-electron chi connectivity index (χ1n) is 13.4. The van der Waals surface area contributed by atoms with E-state index in [4.69, 9.17) is 46.4 Å². The summed E-state index contributed by atoms with van der Waals surface area (Å²) in [5.74, 6) is -3.52. The number of nitrogens with one attached hydrogen (secondary N) is 3. The third-order valence-electron chi connectivity index (χ3n) is 6.85. The van der Waals surface area contributed by atoms with E-state index in [1.807, 2.05) is 0 Å². The molecule has 3 aromatic rings. The molecule has 1 aromatic heterocycles. The summed E-state index contributed by atoms with van der Waals surface area (Å²) < 4.78 is 91.2. The van der Waals surface area contributed by atoms with E-state index in [0.717, 1.165) is 21.2 Å². The van der Waals surface area contributed by atoms with Crippen LogP contribution in [0.1, 0.15) is 28.8 Å². The Bertz CT molecular complexity index is 1930. The van der Waals surface area contributed by atoms with Crippen molar-refractivity contribution in [3.63, 3.8) is 0 Å². The summed E-state index contributed by atoms with van der Waals surface area (Å²) in [6.07, 6.45) is 2.03. The van der Waals surface area contributed by atoms with Gasteiger partial charge in [0.15, 0.2) is 0 Å². The van der Waals surface area contributed by atoms with Gasteiger partial charge in [-0.1, -0.05) is 58.5 Å². The van der Waals surface area contributed by atoms with E-state index >= 15 is 0 Å². The van der Waals surface area contributed by atoms with Gasteiger partial charge in [0.05, 0.1) is 20.5 Å². The number of halogens is 7. The van der Waals surface area contributed by atoms with Crippen LogP contribution in [0, 0.1) is 0 Å². The second-order valence-corrected chi connectivity index (χ2v) is 15.4. The van der Waals surface area contributed by atoms with Gasteiger partial charge in [-0.25, -0.2) is 13.1 Å². The number of alkyl halides is 3. The van der Waals surface area contributed by atoms with Gasteiger partial charge in [0.1, 0.15) is 12.1 Å². The molecule has 0 unspecified atom stereocenters. The van der Waals surface area contributed by atoms with Gasteiger partial charge in [-0.15, -0.1) is 0 Å². The lowest BCUT2D eigenvalue weighted by Crippen LogP contribution is -2.55. The molecule has 4 rings (SSSR count). The molecule has 0 spiro atoms. The van der Waals surface area contributed by atoms with Crippen molar-refractivity contribution in [1.29, 1.82) is 0 Å². The molecule has 0 aliphatic carbocycles. The predicted octanol–water partition coefficient (Wildman–Crippen LogP) is 4.79. The third-order valence-corrected chi connectivity index (χ3v) is 10.8. The van der Waals surface area contributed by atoms with Gasteiger partial charge in [-0.3, -0.25) is 19.4 Å². The van der Waals surface area contributed by atoms with Crippen LogP contribution in [0.3, 0.4) is 0 Å². The first-order valence-corrected chi connectivity index (χ1v) is 17.8. The number of anilines is 1. The van der Waals surface area contributed by atoms with E-state index in [1.54, 1.807) is 0 Å². The number of benzene rings is 2. The van der Waals surface area contributed by atoms with Crippen LogP contribution in [-0.4, -0.2) is 68.0 Å². The monoisotopic (exact) mass is 789 g/mol. The molecule has 2 heterocycles. The van der Waals surface area contributed by atoms with Gasteiger partial charge >= 0.3 is 15.5 Å². The molecule has 0 saturated carbocycles. The highest BCUT2D eigenvalue weighted by Crippen LogP contribution is 2.30. The molecule has 2 aromatic carbocycles. The maximum Gasteiger partial charge on any atom is 0.516 e. The summed E-state index contributed by atoms with van der Waals surface area (Å²) >= 11 is 23.9. The topological polar surface area (TPSA) is 172 Å². The molecule has 1 aliphatic rings. The number of carbonyl (C=O) groups excluding carboxylic acids is 3.